The van der Waals surface area contributed by atoms with Gasteiger partial charge in [0.1, 0.15) is 30.2 Å². The Morgan fingerprint density at radius 2 is 1.52 bits per heavy atom. The monoisotopic (exact) mass is 730 g/mol. The lowest BCUT2D eigenvalue weighted by Crippen LogP contribution is -2.58. The van der Waals surface area contributed by atoms with Crippen LogP contribution in [0.15, 0.2) is 35.3 Å². The predicted octanol–water partition coefficient (Wildman–Crippen LogP) is -1.18. The quantitative estimate of drug-likeness (QED) is 0.0389. The summed E-state index contributed by atoms with van der Waals surface area (Å²) in [6.45, 7) is 6.02. The van der Waals surface area contributed by atoms with Crippen molar-refractivity contribution in [3.63, 3.8) is 0 Å². The number of unbranched alkanes of at least 4 members (excludes halogenated alkanes) is 1. The molecule has 0 bridgehead atoms. The van der Waals surface area contributed by atoms with Gasteiger partial charge in [0, 0.05) is 13.1 Å². The largest absolute Gasteiger partial charge is 0.480 e. The minimum absolute atomic E-state index is 0.0367. The number of carbonyl (C=O) groups is 6. The number of benzene rings is 1. The van der Waals surface area contributed by atoms with Gasteiger partial charge in [-0.15, -0.1) is 0 Å². The fourth-order valence-electron chi connectivity index (χ4n) is 5.90. The number of guanidine groups is 1. The number of hydrogen-bond donors (Lipinski definition) is 9. The van der Waals surface area contributed by atoms with Crippen molar-refractivity contribution in [2.24, 2.45) is 33.8 Å². The molecule has 0 unspecified atom stereocenters. The third-order valence-corrected chi connectivity index (χ3v) is 8.69. The molecule has 0 aromatic heterocycles. The van der Waals surface area contributed by atoms with E-state index in [0.29, 0.717) is 45.1 Å². The number of carboxylic acid groups (broad SMARTS) is 1. The Bertz CT molecular complexity index is 1370. The second-order valence-corrected chi connectivity index (χ2v) is 13.6. The molecule has 0 radical (unpaired) electrons. The molecule has 0 spiro atoms. The molecule has 6 atom stereocenters. The molecule has 1 aliphatic heterocycles. The van der Waals surface area contributed by atoms with E-state index < -0.39 is 71.8 Å². The van der Waals surface area contributed by atoms with Gasteiger partial charge in [0.05, 0.1) is 6.04 Å². The summed E-state index contributed by atoms with van der Waals surface area (Å²) >= 11 is 0. The molecule has 1 fully saturated rings. The average molecular weight is 731 g/mol. The van der Waals surface area contributed by atoms with Crippen molar-refractivity contribution in [2.75, 3.05) is 19.6 Å². The number of carboxylic acids is 1. The molecule has 0 aliphatic carbocycles. The lowest BCUT2D eigenvalue weighted by Gasteiger charge is -2.31. The van der Waals surface area contributed by atoms with Crippen molar-refractivity contribution in [1.82, 2.24) is 26.2 Å². The summed E-state index contributed by atoms with van der Waals surface area (Å²) < 4.78 is 0. The van der Waals surface area contributed by atoms with Crippen LogP contribution in [-0.4, -0.2) is 107 Å². The van der Waals surface area contributed by atoms with Gasteiger partial charge in [0.25, 0.3) is 0 Å². The van der Waals surface area contributed by atoms with Crippen molar-refractivity contribution in [3.05, 3.63) is 35.9 Å². The third kappa shape index (κ3) is 14.8. The Morgan fingerprint density at radius 1 is 0.865 bits per heavy atom. The zero-order chi connectivity index (χ0) is 38.8. The van der Waals surface area contributed by atoms with E-state index in [1.54, 1.807) is 0 Å². The second kappa shape index (κ2) is 22.2. The average Bonchev–Trinajstić information content (AvgIpc) is 3.59. The van der Waals surface area contributed by atoms with E-state index in [2.05, 4.69) is 26.3 Å². The molecular weight excluding hydrogens is 672 g/mol. The number of aliphatic imine (C=N–C) groups is 1. The number of nitrogens with two attached hydrogens (primary N) is 4. The first-order valence-electron chi connectivity index (χ1n) is 17.9. The number of carbonyl (C=O) groups excluding carboxylic acids is 5. The first-order valence-corrected chi connectivity index (χ1v) is 17.9. The van der Waals surface area contributed by atoms with E-state index in [0.717, 1.165) is 5.56 Å². The first kappa shape index (κ1) is 43.4. The van der Waals surface area contributed by atoms with Crippen LogP contribution in [0.25, 0.3) is 0 Å². The minimum atomic E-state index is -1.26. The SMILES string of the molecule is CC(C)C[C@H](NC(=O)[C@@H]1CCCN1C(=O)[C@H](CCCCN)NC(=O)[C@@H](N)Cc1ccccc1)C(=O)N[C@@H](C)C(=O)N[C@@H](CCCN=C(N)N)C(=O)O. The molecule has 17 nitrogen and oxygen atoms in total. The fraction of sp³-hybridized carbons (Fsp3) is 0.629. The van der Waals surface area contributed by atoms with Crippen LogP contribution < -0.4 is 44.2 Å². The van der Waals surface area contributed by atoms with Crippen molar-refractivity contribution < 1.29 is 33.9 Å². The summed E-state index contributed by atoms with van der Waals surface area (Å²) in [7, 11) is 0. The van der Waals surface area contributed by atoms with E-state index in [1.807, 2.05) is 44.2 Å². The van der Waals surface area contributed by atoms with Crippen molar-refractivity contribution in [1.29, 1.82) is 0 Å². The van der Waals surface area contributed by atoms with Gasteiger partial charge in [0.15, 0.2) is 5.96 Å². The number of amides is 5. The van der Waals surface area contributed by atoms with Gasteiger partial charge in [-0.05, 0) is 82.7 Å². The highest BCUT2D eigenvalue weighted by molar-refractivity contribution is 5.96. The molecule has 1 aliphatic rings. The Hall–Kier alpha value is -4.77. The van der Waals surface area contributed by atoms with Gasteiger partial charge < -0.3 is 54.2 Å². The fourth-order valence-corrected chi connectivity index (χ4v) is 5.90. The maximum Gasteiger partial charge on any atom is 0.326 e. The second-order valence-electron chi connectivity index (χ2n) is 13.6. The summed E-state index contributed by atoms with van der Waals surface area (Å²) in [5.41, 5.74) is 23.3. The number of nitrogens with zero attached hydrogens (tertiary/aromatic N) is 2. The van der Waals surface area contributed by atoms with Crippen LogP contribution in [0.3, 0.4) is 0 Å². The van der Waals surface area contributed by atoms with Gasteiger partial charge >= 0.3 is 5.97 Å². The highest BCUT2D eigenvalue weighted by Crippen LogP contribution is 2.21. The molecule has 0 saturated carbocycles. The molecule has 290 valence electrons. The zero-order valence-corrected chi connectivity index (χ0v) is 30.5. The normalized spacial score (nSPS) is 16.9. The summed E-state index contributed by atoms with van der Waals surface area (Å²) in [5, 5.41) is 20.1. The predicted molar refractivity (Wildman–Crippen MR) is 196 cm³/mol. The van der Waals surface area contributed by atoms with Gasteiger partial charge in [-0.3, -0.25) is 29.0 Å². The van der Waals surface area contributed by atoms with E-state index in [1.165, 1.54) is 11.8 Å². The lowest BCUT2D eigenvalue weighted by atomic mass is 10.0. The van der Waals surface area contributed by atoms with E-state index in [4.69, 9.17) is 22.9 Å². The first-order chi connectivity index (χ1) is 24.6. The van der Waals surface area contributed by atoms with E-state index >= 15 is 0 Å². The minimum Gasteiger partial charge on any atom is -0.480 e. The van der Waals surface area contributed by atoms with Crippen LogP contribution >= 0.6 is 0 Å². The van der Waals surface area contributed by atoms with E-state index in [9.17, 15) is 33.9 Å². The summed E-state index contributed by atoms with van der Waals surface area (Å²) in [6.07, 6.45) is 3.26. The standard InChI is InChI=1S/C35H58N10O7/c1-21(2)19-27(31(48)41-22(3)29(46)43-26(34(51)52)14-9-17-40-35(38)39)44-32(49)28-15-10-18-45(28)33(50)25(13-7-8-16-36)42-30(47)24(37)20-23-11-5-4-6-12-23/h4-6,11-12,21-22,24-28H,7-10,13-20,36-37H2,1-3H3,(H,41,48)(H,42,47)(H,43,46)(H,44,49)(H,51,52)(H4,38,39,40)/t22-,24-,25-,26-,27-,28-/m0/s1. The lowest BCUT2D eigenvalue weighted by molar-refractivity contribution is -0.143. The molecule has 1 heterocycles. The zero-order valence-electron chi connectivity index (χ0n) is 30.5. The topological polar surface area (TPSA) is 290 Å². The molecular formula is C35H58N10O7. The summed E-state index contributed by atoms with van der Waals surface area (Å²) in [5.74, 6) is -4.23. The highest BCUT2D eigenvalue weighted by atomic mass is 16.4. The Labute approximate surface area is 305 Å². The van der Waals surface area contributed by atoms with Gasteiger partial charge in [0.2, 0.25) is 29.5 Å². The number of likely N-dealkylation sites (tertiary alicyclic amines) is 1. The number of hydrogen-bond acceptors (Lipinski definition) is 9. The van der Waals surface area contributed by atoms with Crippen LogP contribution in [0.1, 0.15) is 77.7 Å². The maximum absolute atomic E-state index is 13.9. The Morgan fingerprint density at radius 3 is 2.13 bits per heavy atom. The highest BCUT2D eigenvalue weighted by Gasteiger charge is 2.39. The third-order valence-electron chi connectivity index (χ3n) is 8.69. The van der Waals surface area contributed by atoms with Gasteiger partial charge in [-0.2, -0.15) is 0 Å². The molecule has 13 N–H and O–H groups in total. The van der Waals surface area contributed by atoms with Gasteiger partial charge in [-0.1, -0.05) is 44.2 Å². The Kier molecular flexibility index (Phi) is 18.5. The van der Waals surface area contributed by atoms with Crippen LogP contribution in [0.4, 0.5) is 0 Å². The molecule has 17 heteroatoms. The van der Waals surface area contributed by atoms with Crippen LogP contribution in [0.5, 0.6) is 0 Å². The molecule has 1 saturated heterocycles. The van der Waals surface area contributed by atoms with Crippen molar-refractivity contribution in [2.45, 2.75) is 115 Å². The van der Waals surface area contributed by atoms with Crippen molar-refractivity contribution in [3.8, 4) is 0 Å². The van der Waals surface area contributed by atoms with Crippen LogP contribution in [0, 0.1) is 5.92 Å². The smallest absolute Gasteiger partial charge is 0.326 e. The maximum atomic E-state index is 13.9. The van der Waals surface area contributed by atoms with Gasteiger partial charge in [-0.25, -0.2) is 4.79 Å². The van der Waals surface area contributed by atoms with Crippen LogP contribution in [0.2, 0.25) is 0 Å². The van der Waals surface area contributed by atoms with Crippen LogP contribution in [-0.2, 0) is 35.2 Å². The van der Waals surface area contributed by atoms with Crippen molar-refractivity contribution >= 4 is 41.5 Å². The molecule has 2 rings (SSSR count). The molecule has 5 amide bonds. The summed E-state index contributed by atoms with van der Waals surface area (Å²) in [4.78, 5) is 84.0. The number of rotatable bonds is 22. The Balaban J connectivity index is 2.11. The van der Waals surface area contributed by atoms with E-state index in [-0.39, 0.29) is 44.2 Å². The number of nitrogens with one attached hydrogen (secondary N) is 4. The number of aliphatic carboxylic acids is 1. The summed E-state index contributed by atoms with van der Waals surface area (Å²) in [6, 6.07) is 3.17. The molecule has 1 aromatic rings. The molecule has 52 heavy (non-hydrogen) atoms. The molecule has 1 aromatic carbocycles.